The van der Waals surface area contributed by atoms with Gasteiger partial charge in [0, 0.05) is 13.5 Å². The van der Waals surface area contributed by atoms with E-state index in [1.165, 1.54) is 4.90 Å². The maximum absolute atomic E-state index is 12.8. The standard InChI is InChI=1S/C26H35N3O6/c1-5-6-16-34-26(14-12-21(13-15-26)20-10-8-7-9-11-20)35-18-22(29(33)19-30)17-28-23(31)25(2,3)27(4)24(28)32/h7-14,19,22,33H,5-6,15-18H2,1-4H3. The van der Waals surface area contributed by atoms with Gasteiger partial charge in [0.15, 0.2) is 5.79 Å². The van der Waals surface area contributed by atoms with E-state index in [4.69, 9.17) is 9.47 Å². The van der Waals surface area contributed by atoms with E-state index in [2.05, 4.69) is 6.92 Å². The third kappa shape index (κ3) is 5.80. The van der Waals surface area contributed by atoms with Gasteiger partial charge in [-0.3, -0.25) is 19.7 Å². The van der Waals surface area contributed by atoms with E-state index in [-0.39, 0.29) is 19.6 Å². The molecule has 1 aromatic carbocycles. The van der Waals surface area contributed by atoms with Gasteiger partial charge in [-0.25, -0.2) is 9.86 Å². The van der Waals surface area contributed by atoms with E-state index in [0.717, 1.165) is 28.9 Å². The summed E-state index contributed by atoms with van der Waals surface area (Å²) in [6.45, 7) is 5.47. The molecule has 3 rings (SSSR count). The van der Waals surface area contributed by atoms with Gasteiger partial charge in [-0.15, -0.1) is 0 Å². The normalized spacial score (nSPS) is 22.4. The molecule has 0 bridgehead atoms. The van der Waals surface area contributed by atoms with Crippen LogP contribution in [0.3, 0.4) is 0 Å². The lowest BCUT2D eigenvalue weighted by Crippen LogP contribution is -2.49. The molecule has 1 heterocycles. The number of ether oxygens (including phenoxy) is 2. The second kappa shape index (κ2) is 11.2. The lowest BCUT2D eigenvalue weighted by molar-refractivity contribution is -0.224. The summed E-state index contributed by atoms with van der Waals surface area (Å²) < 4.78 is 12.3. The highest BCUT2D eigenvalue weighted by Gasteiger charge is 2.50. The number of imide groups is 1. The number of rotatable bonds is 12. The van der Waals surface area contributed by atoms with Gasteiger partial charge in [0.1, 0.15) is 11.6 Å². The number of benzene rings is 1. The molecule has 1 saturated heterocycles. The Hall–Kier alpha value is -3.01. The number of likely N-dealkylation sites (N-methyl/N-ethyl adjacent to an activating group) is 1. The van der Waals surface area contributed by atoms with Gasteiger partial charge in [0.05, 0.1) is 19.8 Å². The van der Waals surface area contributed by atoms with Crippen molar-refractivity contribution in [3.8, 4) is 0 Å². The van der Waals surface area contributed by atoms with Gasteiger partial charge in [-0.05, 0) is 37.5 Å². The van der Waals surface area contributed by atoms with Gasteiger partial charge < -0.3 is 14.4 Å². The summed E-state index contributed by atoms with van der Waals surface area (Å²) in [6, 6.07) is 8.48. The van der Waals surface area contributed by atoms with E-state index < -0.39 is 29.3 Å². The van der Waals surface area contributed by atoms with Crippen molar-refractivity contribution in [2.75, 3.05) is 26.8 Å². The number of amides is 4. The monoisotopic (exact) mass is 485 g/mol. The number of nitrogens with zero attached hydrogens (tertiary/aromatic N) is 3. The van der Waals surface area contributed by atoms with Gasteiger partial charge in [-0.1, -0.05) is 55.8 Å². The molecule has 1 N–H and O–H groups in total. The van der Waals surface area contributed by atoms with E-state index in [1.807, 2.05) is 48.6 Å². The zero-order valence-corrected chi connectivity index (χ0v) is 20.8. The Morgan fingerprint density at radius 3 is 2.46 bits per heavy atom. The number of hydrogen-bond donors (Lipinski definition) is 1. The van der Waals surface area contributed by atoms with Gasteiger partial charge in [-0.2, -0.15) is 0 Å². The summed E-state index contributed by atoms with van der Waals surface area (Å²) in [5.41, 5.74) is 1.10. The van der Waals surface area contributed by atoms with Crippen LogP contribution in [0.2, 0.25) is 0 Å². The molecule has 1 aliphatic carbocycles. The molecule has 2 unspecified atom stereocenters. The number of allylic oxidation sites excluding steroid dienone is 2. The van der Waals surface area contributed by atoms with E-state index in [9.17, 15) is 19.6 Å². The topological polar surface area (TPSA) is 99.6 Å². The molecule has 9 heteroatoms. The zero-order valence-electron chi connectivity index (χ0n) is 20.8. The van der Waals surface area contributed by atoms with Crippen LogP contribution in [0.5, 0.6) is 0 Å². The highest BCUT2D eigenvalue weighted by atomic mass is 16.7. The minimum absolute atomic E-state index is 0.151. The molecule has 1 aliphatic heterocycles. The highest BCUT2D eigenvalue weighted by Crippen LogP contribution is 2.32. The van der Waals surface area contributed by atoms with Crippen molar-refractivity contribution in [1.29, 1.82) is 0 Å². The number of hydroxylamine groups is 2. The molecule has 190 valence electrons. The van der Waals surface area contributed by atoms with Crippen molar-refractivity contribution < 1.29 is 29.1 Å². The Kier molecular flexibility index (Phi) is 8.47. The molecular weight excluding hydrogens is 450 g/mol. The second-order valence-electron chi connectivity index (χ2n) is 9.34. The van der Waals surface area contributed by atoms with Crippen LogP contribution < -0.4 is 0 Å². The average molecular weight is 486 g/mol. The quantitative estimate of drug-likeness (QED) is 0.122. The van der Waals surface area contributed by atoms with Gasteiger partial charge in [0.2, 0.25) is 6.41 Å². The molecule has 2 aliphatic rings. The molecule has 1 aromatic rings. The maximum atomic E-state index is 12.8. The molecule has 9 nitrogen and oxygen atoms in total. The Bertz CT molecular complexity index is 977. The first-order valence-electron chi connectivity index (χ1n) is 11.9. The van der Waals surface area contributed by atoms with E-state index in [1.54, 1.807) is 20.9 Å². The van der Waals surface area contributed by atoms with Crippen molar-refractivity contribution in [2.24, 2.45) is 0 Å². The van der Waals surface area contributed by atoms with Crippen LogP contribution in [0, 0.1) is 0 Å². The average Bonchev–Trinajstić information content (AvgIpc) is 3.01. The summed E-state index contributed by atoms with van der Waals surface area (Å²) in [5.74, 6) is -1.50. The lowest BCUT2D eigenvalue weighted by Gasteiger charge is -2.35. The summed E-state index contributed by atoms with van der Waals surface area (Å²) in [7, 11) is 1.54. The van der Waals surface area contributed by atoms with E-state index >= 15 is 0 Å². The molecule has 0 saturated carbocycles. The third-order valence-corrected chi connectivity index (χ3v) is 6.60. The minimum atomic E-state index is -1.09. The number of urea groups is 1. The Labute approximate surface area is 206 Å². The number of carbonyl (C=O) groups is 3. The smallest absolute Gasteiger partial charge is 0.327 e. The predicted octanol–water partition coefficient (Wildman–Crippen LogP) is 3.45. The summed E-state index contributed by atoms with van der Waals surface area (Å²) in [5, 5.41) is 10.7. The Morgan fingerprint density at radius 1 is 1.20 bits per heavy atom. The van der Waals surface area contributed by atoms with Crippen LogP contribution in [0.4, 0.5) is 4.79 Å². The van der Waals surface area contributed by atoms with Crippen molar-refractivity contribution in [1.82, 2.24) is 14.9 Å². The molecule has 2 atom stereocenters. The molecule has 0 radical (unpaired) electrons. The van der Waals surface area contributed by atoms with E-state index in [0.29, 0.717) is 18.1 Å². The summed E-state index contributed by atoms with van der Waals surface area (Å²) in [4.78, 5) is 39.2. The fourth-order valence-corrected chi connectivity index (χ4v) is 3.98. The number of unbranched alkanes of at least 4 members (excludes halogenated alkanes) is 1. The van der Waals surface area contributed by atoms with Gasteiger partial charge >= 0.3 is 6.03 Å². The van der Waals surface area contributed by atoms with Gasteiger partial charge in [0.25, 0.3) is 5.91 Å². The van der Waals surface area contributed by atoms with Crippen LogP contribution in [-0.4, -0.2) is 82.6 Å². The van der Waals surface area contributed by atoms with Crippen LogP contribution in [0.15, 0.2) is 48.6 Å². The first kappa shape index (κ1) is 26.6. The zero-order chi connectivity index (χ0) is 25.6. The maximum Gasteiger partial charge on any atom is 0.327 e. The molecule has 1 fully saturated rings. The Balaban J connectivity index is 1.75. The number of hydrogen-bond acceptors (Lipinski definition) is 6. The molecule has 4 amide bonds. The molecule has 0 spiro atoms. The minimum Gasteiger partial charge on any atom is -0.346 e. The van der Waals surface area contributed by atoms with Crippen molar-refractivity contribution in [2.45, 2.75) is 57.4 Å². The van der Waals surface area contributed by atoms with Crippen LogP contribution in [0.25, 0.3) is 5.57 Å². The molecule has 0 aromatic heterocycles. The predicted molar refractivity (Wildman–Crippen MR) is 130 cm³/mol. The highest BCUT2D eigenvalue weighted by molar-refractivity contribution is 6.06. The Morgan fingerprint density at radius 2 is 1.91 bits per heavy atom. The first-order valence-corrected chi connectivity index (χ1v) is 11.9. The van der Waals surface area contributed by atoms with Crippen LogP contribution in [-0.2, 0) is 19.1 Å². The SMILES string of the molecule is CCCCOC1(OCC(CN2C(=O)N(C)C(C)(C)C2=O)N(O)C=O)C=CC(c2ccccc2)=CC1. The largest absolute Gasteiger partial charge is 0.346 e. The van der Waals surface area contributed by atoms with Crippen molar-refractivity contribution in [3.63, 3.8) is 0 Å². The fourth-order valence-electron chi connectivity index (χ4n) is 3.98. The molecule has 35 heavy (non-hydrogen) atoms. The van der Waals surface area contributed by atoms with Crippen molar-refractivity contribution >= 4 is 23.9 Å². The fraction of sp³-hybridized carbons (Fsp3) is 0.500. The number of carbonyl (C=O) groups excluding carboxylic acids is 3. The third-order valence-electron chi connectivity index (χ3n) is 6.60. The van der Waals surface area contributed by atoms with Crippen LogP contribution >= 0.6 is 0 Å². The lowest BCUT2D eigenvalue weighted by atomic mass is 9.96. The summed E-state index contributed by atoms with van der Waals surface area (Å²) >= 11 is 0. The molecular formula is C26H35N3O6. The van der Waals surface area contributed by atoms with Crippen molar-refractivity contribution in [3.05, 3.63) is 54.1 Å². The van der Waals surface area contributed by atoms with Crippen LogP contribution in [0.1, 0.15) is 45.6 Å². The first-order chi connectivity index (χ1) is 16.6. The summed E-state index contributed by atoms with van der Waals surface area (Å²) in [6.07, 6.45) is 8.26. The second-order valence-corrected chi connectivity index (χ2v) is 9.34.